The highest BCUT2D eigenvalue weighted by Gasteiger charge is 1.99. The zero-order valence-electron chi connectivity index (χ0n) is 7.02. The van der Waals surface area contributed by atoms with Gasteiger partial charge in [0.05, 0.1) is 22.6 Å². The second-order valence-electron chi connectivity index (χ2n) is 2.50. The van der Waals surface area contributed by atoms with Crippen molar-refractivity contribution in [1.82, 2.24) is 14.6 Å². The fourth-order valence-corrected chi connectivity index (χ4v) is 1.94. The van der Waals surface area contributed by atoms with E-state index in [1.54, 1.807) is 11.3 Å². The summed E-state index contributed by atoms with van der Waals surface area (Å²) in [6, 6.07) is 0. The molecule has 4 nitrogen and oxygen atoms in total. The van der Waals surface area contributed by atoms with Crippen molar-refractivity contribution in [3.05, 3.63) is 21.5 Å². The summed E-state index contributed by atoms with van der Waals surface area (Å²) in [4.78, 5) is 4.32. The molecule has 0 bridgehead atoms. The lowest BCUT2D eigenvalue weighted by molar-refractivity contribution is 1.02. The van der Waals surface area contributed by atoms with Crippen molar-refractivity contribution in [2.24, 2.45) is 0 Å². The first kappa shape index (κ1) is 8.58. The molecule has 2 rings (SSSR count). The predicted molar refractivity (Wildman–Crippen MR) is 54.1 cm³/mol. The summed E-state index contributed by atoms with van der Waals surface area (Å²) in [5.41, 5.74) is 1.05. The van der Waals surface area contributed by atoms with Crippen LogP contribution in [0.1, 0.15) is 10.7 Å². The highest BCUT2D eigenvalue weighted by Crippen LogP contribution is 2.10. The molecule has 0 aliphatic carbocycles. The van der Waals surface area contributed by atoms with Gasteiger partial charge in [0.15, 0.2) is 5.82 Å². The highest BCUT2D eigenvalue weighted by atomic mass is 32.1. The van der Waals surface area contributed by atoms with Crippen LogP contribution in [-0.4, -0.2) is 14.6 Å². The quantitative estimate of drug-likeness (QED) is 0.844. The minimum Gasteiger partial charge on any atom is -0.362 e. The van der Waals surface area contributed by atoms with Crippen molar-refractivity contribution in [1.29, 1.82) is 0 Å². The van der Waals surface area contributed by atoms with Gasteiger partial charge in [-0.1, -0.05) is 4.49 Å². The first-order valence-corrected chi connectivity index (χ1v) is 5.48. The first-order chi connectivity index (χ1) is 6.34. The summed E-state index contributed by atoms with van der Waals surface area (Å²) in [5, 5.41) is 12.0. The van der Waals surface area contributed by atoms with E-state index in [1.165, 1.54) is 11.5 Å². The van der Waals surface area contributed by atoms with Gasteiger partial charge in [-0.15, -0.1) is 16.4 Å². The number of hydrogen-bond donors (Lipinski definition) is 1. The molecule has 0 aromatic carbocycles. The molecule has 68 valence electrons. The Labute approximate surface area is 83.8 Å². The summed E-state index contributed by atoms with van der Waals surface area (Å²) >= 11 is 3.00. The van der Waals surface area contributed by atoms with Gasteiger partial charge >= 0.3 is 0 Å². The first-order valence-electron chi connectivity index (χ1n) is 3.76. The summed E-state index contributed by atoms with van der Waals surface area (Å²) < 4.78 is 3.75. The van der Waals surface area contributed by atoms with E-state index in [0.717, 1.165) is 23.1 Å². The van der Waals surface area contributed by atoms with E-state index in [0.29, 0.717) is 0 Å². The van der Waals surface area contributed by atoms with Crippen molar-refractivity contribution in [3.8, 4) is 0 Å². The predicted octanol–water partition coefficient (Wildman–Crippen LogP) is 1.92. The van der Waals surface area contributed by atoms with Crippen LogP contribution in [0.15, 0.2) is 10.8 Å². The molecule has 6 heteroatoms. The SMILES string of the molecule is Cc1nc(CNc2csnn2)cs1. The van der Waals surface area contributed by atoms with Crippen LogP contribution in [0.3, 0.4) is 0 Å². The Balaban J connectivity index is 1.93. The van der Waals surface area contributed by atoms with E-state index in [4.69, 9.17) is 0 Å². The van der Waals surface area contributed by atoms with Crippen LogP contribution >= 0.6 is 22.9 Å². The topological polar surface area (TPSA) is 50.7 Å². The molecule has 2 heterocycles. The second-order valence-corrected chi connectivity index (χ2v) is 4.17. The molecule has 0 saturated carbocycles. The van der Waals surface area contributed by atoms with E-state index in [-0.39, 0.29) is 0 Å². The van der Waals surface area contributed by atoms with Crippen LogP contribution < -0.4 is 5.32 Å². The number of hydrogen-bond acceptors (Lipinski definition) is 6. The van der Waals surface area contributed by atoms with Crippen molar-refractivity contribution in [2.45, 2.75) is 13.5 Å². The molecule has 0 aliphatic rings. The third-order valence-corrected chi connectivity index (χ3v) is 2.80. The fourth-order valence-electron chi connectivity index (χ4n) is 0.912. The molecule has 0 saturated heterocycles. The molecule has 2 aromatic rings. The summed E-state index contributed by atoms with van der Waals surface area (Å²) in [7, 11) is 0. The van der Waals surface area contributed by atoms with E-state index < -0.39 is 0 Å². The molecule has 0 fully saturated rings. The Bertz CT molecular complexity index is 368. The molecule has 1 N–H and O–H groups in total. The minimum absolute atomic E-state index is 0.718. The van der Waals surface area contributed by atoms with Gasteiger partial charge in [-0.25, -0.2) is 4.98 Å². The van der Waals surface area contributed by atoms with Crippen molar-refractivity contribution >= 4 is 28.7 Å². The summed E-state index contributed by atoms with van der Waals surface area (Å²) in [6.07, 6.45) is 0. The molecule has 2 aromatic heterocycles. The van der Waals surface area contributed by atoms with Crippen molar-refractivity contribution < 1.29 is 0 Å². The lowest BCUT2D eigenvalue weighted by Crippen LogP contribution is -1.99. The third kappa shape index (κ3) is 2.22. The number of aromatic nitrogens is 3. The second kappa shape index (κ2) is 3.80. The molecule has 0 radical (unpaired) electrons. The number of nitrogens with zero attached hydrogens (tertiary/aromatic N) is 3. The van der Waals surface area contributed by atoms with Crippen LogP contribution in [0.25, 0.3) is 0 Å². The number of aryl methyl sites for hydroxylation is 1. The Morgan fingerprint density at radius 2 is 2.38 bits per heavy atom. The Hall–Kier alpha value is -1.01. The number of rotatable bonds is 3. The highest BCUT2D eigenvalue weighted by molar-refractivity contribution is 7.09. The van der Waals surface area contributed by atoms with Gasteiger partial charge in [0.2, 0.25) is 0 Å². The summed E-state index contributed by atoms with van der Waals surface area (Å²) in [6.45, 7) is 2.72. The Morgan fingerprint density at radius 3 is 3.00 bits per heavy atom. The third-order valence-electron chi connectivity index (χ3n) is 1.48. The number of anilines is 1. The van der Waals surface area contributed by atoms with Gasteiger partial charge in [0, 0.05) is 5.38 Å². The zero-order chi connectivity index (χ0) is 9.10. The molecular weight excluding hydrogens is 204 g/mol. The van der Waals surface area contributed by atoms with Crippen LogP contribution in [0, 0.1) is 6.92 Å². The Kier molecular flexibility index (Phi) is 2.51. The van der Waals surface area contributed by atoms with Crippen molar-refractivity contribution in [2.75, 3.05) is 5.32 Å². The molecule has 0 unspecified atom stereocenters. The Morgan fingerprint density at radius 1 is 1.46 bits per heavy atom. The van der Waals surface area contributed by atoms with Crippen LogP contribution in [0.4, 0.5) is 5.82 Å². The summed E-state index contributed by atoms with van der Waals surface area (Å²) in [5.74, 6) is 0.815. The molecular formula is C7H8N4S2. The van der Waals surface area contributed by atoms with Crippen molar-refractivity contribution in [3.63, 3.8) is 0 Å². The van der Waals surface area contributed by atoms with E-state index in [1.807, 2.05) is 17.7 Å². The van der Waals surface area contributed by atoms with Gasteiger partial charge in [0.25, 0.3) is 0 Å². The molecule has 13 heavy (non-hydrogen) atoms. The maximum absolute atomic E-state index is 4.32. The largest absolute Gasteiger partial charge is 0.362 e. The van der Waals surface area contributed by atoms with Gasteiger partial charge in [-0.2, -0.15) is 0 Å². The van der Waals surface area contributed by atoms with Gasteiger partial charge in [-0.05, 0) is 18.5 Å². The molecule has 0 atom stereocenters. The maximum Gasteiger partial charge on any atom is 0.161 e. The minimum atomic E-state index is 0.718. The van der Waals surface area contributed by atoms with E-state index >= 15 is 0 Å². The van der Waals surface area contributed by atoms with Crippen LogP contribution in [0.2, 0.25) is 0 Å². The van der Waals surface area contributed by atoms with Crippen LogP contribution in [0.5, 0.6) is 0 Å². The van der Waals surface area contributed by atoms with E-state index in [2.05, 4.69) is 19.9 Å². The average molecular weight is 212 g/mol. The number of nitrogens with one attached hydrogen (secondary N) is 1. The lowest BCUT2D eigenvalue weighted by atomic mass is 10.5. The number of thiazole rings is 1. The van der Waals surface area contributed by atoms with Gasteiger partial charge in [-0.3, -0.25) is 0 Å². The van der Waals surface area contributed by atoms with Gasteiger partial charge < -0.3 is 5.32 Å². The lowest BCUT2D eigenvalue weighted by Gasteiger charge is -1.96. The molecule has 0 amide bonds. The van der Waals surface area contributed by atoms with Crippen LogP contribution in [-0.2, 0) is 6.54 Å². The van der Waals surface area contributed by atoms with E-state index in [9.17, 15) is 0 Å². The molecule has 0 spiro atoms. The normalized spacial score (nSPS) is 10.2. The average Bonchev–Trinajstić information content (AvgIpc) is 2.71. The zero-order valence-corrected chi connectivity index (χ0v) is 8.65. The standard InChI is InChI=1S/C7H8N4S2/c1-5-9-6(3-12-5)2-8-7-4-13-11-10-7/h3-4,8H,2H2,1H3. The molecule has 0 aliphatic heterocycles. The fraction of sp³-hybridized carbons (Fsp3) is 0.286. The maximum atomic E-state index is 4.32. The van der Waals surface area contributed by atoms with Gasteiger partial charge in [0.1, 0.15) is 0 Å². The monoisotopic (exact) mass is 212 g/mol. The smallest absolute Gasteiger partial charge is 0.161 e.